The van der Waals surface area contributed by atoms with E-state index in [1.807, 2.05) is 24.3 Å². The number of carbonyl (C=O) groups is 2. The maximum Gasteiger partial charge on any atom is 0.223 e. The van der Waals surface area contributed by atoms with Crippen LogP contribution in [-0.2, 0) is 16.1 Å². The number of anilines is 1. The van der Waals surface area contributed by atoms with Crippen LogP contribution in [0.4, 0.5) is 5.69 Å². The van der Waals surface area contributed by atoms with E-state index in [9.17, 15) is 9.59 Å². The van der Waals surface area contributed by atoms with E-state index in [2.05, 4.69) is 5.32 Å². The number of amides is 2. The first-order valence-corrected chi connectivity index (χ1v) is 8.35. The van der Waals surface area contributed by atoms with E-state index in [1.54, 1.807) is 43.4 Å². The Morgan fingerprint density at radius 2 is 1.46 bits per heavy atom. The number of hydrogen-bond acceptors (Lipinski definition) is 4. The minimum Gasteiger partial charge on any atom is -0.497 e. The number of nitrogens with one attached hydrogen (secondary N) is 1. The number of hydrogen-bond donors (Lipinski definition) is 1. The Morgan fingerprint density at radius 1 is 0.923 bits per heavy atom. The zero-order valence-corrected chi connectivity index (χ0v) is 15.3. The highest BCUT2D eigenvalue weighted by atomic mass is 16.5. The summed E-state index contributed by atoms with van der Waals surface area (Å²) in [5.41, 5.74) is 1.72. The molecule has 6 heteroatoms. The van der Waals surface area contributed by atoms with Crippen molar-refractivity contribution in [1.82, 2.24) is 5.32 Å². The van der Waals surface area contributed by atoms with E-state index in [1.165, 1.54) is 6.92 Å². The zero-order chi connectivity index (χ0) is 18.9. The Balaban J connectivity index is 1.87. The predicted molar refractivity (Wildman–Crippen MR) is 100 cm³/mol. The molecular weight excluding hydrogens is 332 g/mol. The molecule has 0 heterocycles. The lowest BCUT2D eigenvalue weighted by atomic mass is 10.2. The Labute approximate surface area is 153 Å². The Kier molecular flexibility index (Phi) is 7.02. The van der Waals surface area contributed by atoms with Gasteiger partial charge in [0.1, 0.15) is 11.5 Å². The van der Waals surface area contributed by atoms with Crippen LogP contribution in [0.1, 0.15) is 18.9 Å². The number of methoxy groups -OCH3 is 2. The standard InChI is InChI=1S/C20H24N2O4/c1-15(23)22(17-6-10-19(26-3)11-7-17)13-12-20(24)21-14-16-4-8-18(25-2)9-5-16/h4-11H,12-14H2,1-3H3,(H,21,24). The first-order valence-electron chi connectivity index (χ1n) is 8.35. The van der Waals surface area contributed by atoms with Gasteiger partial charge in [0.05, 0.1) is 14.2 Å². The predicted octanol–water partition coefficient (Wildman–Crippen LogP) is 2.76. The van der Waals surface area contributed by atoms with Gasteiger partial charge in [-0.1, -0.05) is 12.1 Å². The van der Waals surface area contributed by atoms with Crippen molar-refractivity contribution in [3.8, 4) is 11.5 Å². The molecule has 2 rings (SSSR count). The molecule has 0 saturated carbocycles. The summed E-state index contributed by atoms with van der Waals surface area (Å²) in [6.07, 6.45) is 0.224. The molecule has 0 saturated heterocycles. The first kappa shape index (κ1) is 19.3. The van der Waals surface area contributed by atoms with Crippen LogP contribution >= 0.6 is 0 Å². The summed E-state index contributed by atoms with van der Waals surface area (Å²) >= 11 is 0. The van der Waals surface area contributed by atoms with E-state index >= 15 is 0 Å². The second kappa shape index (κ2) is 9.46. The van der Waals surface area contributed by atoms with Crippen LogP contribution in [0.15, 0.2) is 48.5 Å². The third kappa shape index (κ3) is 5.51. The van der Waals surface area contributed by atoms with Crippen LogP contribution in [0.25, 0.3) is 0 Å². The molecule has 26 heavy (non-hydrogen) atoms. The number of ether oxygens (including phenoxy) is 2. The number of carbonyl (C=O) groups excluding carboxylic acids is 2. The van der Waals surface area contributed by atoms with Crippen molar-refractivity contribution in [3.05, 3.63) is 54.1 Å². The normalized spacial score (nSPS) is 10.1. The van der Waals surface area contributed by atoms with Gasteiger partial charge < -0.3 is 19.7 Å². The van der Waals surface area contributed by atoms with Gasteiger partial charge in [0.25, 0.3) is 0 Å². The van der Waals surface area contributed by atoms with Gasteiger partial charge in [-0.2, -0.15) is 0 Å². The van der Waals surface area contributed by atoms with Crippen LogP contribution in [0.2, 0.25) is 0 Å². The molecule has 0 atom stereocenters. The molecule has 0 unspecified atom stereocenters. The van der Waals surface area contributed by atoms with Crippen molar-refractivity contribution >= 4 is 17.5 Å². The maximum absolute atomic E-state index is 12.1. The molecular formula is C20H24N2O4. The molecule has 0 bridgehead atoms. The van der Waals surface area contributed by atoms with E-state index in [4.69, 9.17) is 9.47 Å². The van der Waals surface area contributed by atoms with Crippen LogP contribution in [0.5, 0.6) is 11.5 Å². The van der Waals surface area contributed by atoms with Crippen molar-refractivity contribution < 1.29 is 19.1 Å². The second-order valence-electron chi connectivity index (χ2n) is 5.74. The number of benzene rings is 2. The van der Waals surface area contributed by atoms with Crippen molar-refractivity contribution in [2.24, 2.45) is 0 Å². The molecule has 2 aromatic carbocycles. The topological polar surface area (TPSA) is 67.9 Å². The number of rotatable bonds is 8. The van der Waals surface area contributed by atoms with Crippen molar-refractivity contribution in [2.75, 3.05) is 25.7 Å². The van der Waals surface area contributed by atoms with Crippen molar-refractivity contribution in [3.63, 3.8) is 0 Å². The van der Waals surface area contributed by atoms with Crippen molar-refractivity contribution in [1.29, 1.82) is 0 Å². The minimum atomic E-state index is -0.113. The fourth-order valence-electron chi connectivity index (χ4n) is 2.48. The van der Waals surface area contributed by atoms with E-state index in [0.717, 1.165) is 22.7 Å². The SMILES string of the molecule is COc1ccc(CNC(=O)CCN(C(C)=O)c2ccc(OC)cc2)cc1. The van der Waals surface area contributed by atoms with Crippen LogP contribution in [0.3, 0.4) is 0 Å². The third-order valence-electron chi connectivity index (χ3n) is 3.98. The van der Waals surface area contributed by atoms with Gasteiger partial charge >= 0.3 is 0 Å². The summed E-state index contributed by atoms with van der Waals surface area (Å²) < 4.78 is 10.2. The third-order valence-corrected chi connectivity index (χ3v) is 3.98. The van der Waals surface area contributed by atoms with Gasteiger partial charge in [-0.15, -0.1) is 0 Å². The fraction of sp³-hybridized carbons (Fsp3) is 0.300. The summed E-state index contributed by atoms with van der Waals surface area (Å²) in [4.78, 5) is 25.6. The van der Waals surface area contributed by atoms with E-state index in [0.29, 0.717) is 13.1 Å². The Hall–Kier alpha value is -3.02. The van der Waals surface area contributed by atoms with E-state index in [-0.39, 0.29) is 18.2 Å². The monoisotopic (exact) mass is 356 g/mol. The van der Waals surface area contributed by atoms with Gasteiger partial charge in [-0.05, 0) is 42.0 Å². The molecule has 1 N–H and O–H groups in total. The largest absolute Gasteiger partial charge is 0.497 e. The average Bonchev–Trinajstić information content (AvgIpc) is 2.67. The molecule has 6 nitrogen and oxygen atoms in total. The first-order chi connectivity index (χ1) is 12.5. The van der Waals surface area contributed by atoms with Gasteiger partial charge in [-0.25, -0.2) is 0 Å². The maximum atomic E-state index is 12.1. The van der Waals surface area contributed by atoms with Crippen LogP contribution < -0.4 is 19.7 Å². The van der Waals surface area contributed by atoms with Gasteiger partial charge in [-0.3, -0.25) is 9.59 Å². The van der Waals surface area contributed by atoms with Gasteiger partial charge in [0.15, 0.2) is 0 Å². The lowest BCUT2D eigenvalue weighted by Crippen LogP contribution is -2.33. The molecule has 0 aliphatic heterocycles. The summed E-state index contributed by atoms with van der Waals surface area (Å²) in [5.74, 6) is 1.27. The molecule has 138 valence electrons. The smallest absolute Gasteiger partial charge is 0.223 e. The summed E-state index contributed by atoms with van der Waals surface area (Å²) in [6.45, 7) is 2.24. The van der Waals surface area contributed by atoms with E-state index < -0.39 is 0 Å². The molecule has 0 aliphatic rings. The minimum absolute atomic E-state index is 0.111. The lowest BCUT2D eigenvalue weighted by molar-refractivity contribution is -0.121. The molecule has 2 aromatic rings. The Bertz CT molecular complexity index is 726. The quantitative estimate of drug-likeness (QED) is 0.790. The van der Waals surface area contributed by atoms with Crippen molar-refractivity contribution in [2.45, 2.75) is 19.9 Å². The Morgan fingerprint density at radius 3 is 1.96 bits per heavy atom. The van der Waals surface area contributed by atoms with Crippen LogP contribution in [-0.4, -0.2) is 32.6 Å². The second-order valence-corrected chi connectivity index (χ2v) is 5.74. The molecule has 0 spiro atoms. The number of nitrogens with zero attached hydrogens (tertiary/aromatic N) is 1. The summed E-state index contributed by atoms with van der Waals surface area (Å²) in [5, 5.41) is 2.86. The summed E-state index contributed by atoms with van der Waals surface area (Å²) in [7, 11) is 3.20. The highest BCUT2D eigenvalue weighted by Crippen LogP contribution is 2.19. The average molecular weight is 356 g/mol. The highest BCUT2D eigenvalue weighted by molar-refractivity contribution is 5.92. The molecule has 2 amide bonds. The molecule has 0 fully saturated rings. The fourth-order valence-corrected chi connectivity index (χ4v) is 2.48. The van der Waals surface area contributed by atoms with Crippen LogP contribution in [0, 0.1) is 0 Å². The lowest BCUT2D eigenvalue weighted by Gasteiger charge is -2.21. The highest BCUT2D eigenvalue weighted by Gasteiger charge is 2.13. The molecule has 0 radical (unpaired) electrons. The zero-order valence-electron chi connectivity index (χ0n) is 15.3. The molecule has 0 aromatic heterocycles. The summed E-state index contributed by atoms with van der Waals surface area (Å²) in [6, 6.07) is 14.7. The van der Waals surface area contributed by atoms with Gasteiger partial charge in [0.2, 0.25) is 11.8 Å². The van der Waals surface area contributed by atoms with Gasteiger partial charge in [0, 0.05) is 32.1 Å². The molecule has 0 aliphatic carbocycles.